The second-order valence-electron chi connectivity index (χ2n) is 1.85. The highest BCUT2D eigenvalue weighted by molar-refractivity contribution is 5.61. The number of para-hydroxylation sites is 1. The van der Waals surface area contributed by atoms with Gasteiger partial charge in [-0.2, -0.15) is 5.26 Å². The molecule has 11 heavy (non-hydrogen) atoms. The highest BCUT2D eigenvalue weighted by Crippen LogP contribution is 2.07. The van der Waals surface area contributed by atoms with Crippen molar-refractivity contribution in [1.82, 2.24) is 0 Å². The van der Waals surface area contributed by atoms with E-state index in [1.807, 2.05) is 36.4 Å². The van der Waals surface area contributed by atoms with E-state index in [1.165, 1.54) is 6.08 Å². The molecule has 0 aliphatic carbocycles. The van der Waals surface area contributed by atoms with Crippen molar-refractivity contribution in [2.75, 3.05) is 0 Å². The van der Waals surface area contributed by atoms with Gasteiger partial charge in [0.05, 0.1) is 11.8 Å². The van der Waals surface area contributed by atoms with Gasteiger partial charge in [0, 0.05) is 0 Å². The SMILES string of the molecule is N#CC=C=Nc1ccccc1. The highest BCUT2D eigenvalue weighted by atomic mass is 14.7. The number of rotatable bonds is 1. The van der Waals surface area contributed by atoms with Gasteiger partial charge in [0.2, 0.25) is 0 Å². The van der Waals surface area contributed by atoms with Crippen molar-refractivity contribution in [2.24, 2.45) is 4.99 Å². The van der Waals surface area contributed by atoms with Gasteiger partial charge < -0.3 is 0 Å². The van der Waals surface area contributed by atoms with E-state index in [1.54, 1.807) is 0 Å². The molecule has 1 rings (SSSR count). The lowest BCUT2D eigenvalue weighted by Gasteiger charge is -1.84. The summed E-state index contributed by atoms with van der Waals surface area (Å²) in [6, 6.07) is 11.2. The van der Waals surface area contributed by atoms with Gasteiger partial charge >= 0.3 is 0 Å². The predicted molar refractivity (Wildman–Crippen MR) is 43.7 cm³/mol. The molecule has 0 radical (unpaired) electrons. The van der Waals surface area contributed by atoms with Crippen molar-refractivity contribution >= 4 is 11.6 Å². The fourth-order valence-corrected chi connectivity index (χ4v) is 0.638. The average Bonchev–Trinajstić information content (AvgIpc) is 2.07. The smallest absolute Gasteiger partial charge is 0.101 e. The maximum absolute atomic E-state index is 8.12. The topological polar surface area (TPSA) is 36.1 Å². The zero-order valence-corrected chi connectivity index (χ0v) is 5.86. The van der Waals surface area contributed by atoms with Crippen LogP contribution in [0.2, 0.25) is 0 Å². The third-order valence-corrected chi connectivity index (χ3v) is 1.08. The lowest BCUT2D eigenvalue weighted by Crippen LogP contribution is -1.60. The van der Waals surface area contributed by atoms with Crippen LogP contribution < -0.4 is 0 Å². The first-order chi connectivity index (χ1) is 5.43. The molecule has 0 N–H and O–H groups in total. The van der Waals surface area contributed by atoms with Crippen LogP contribution in [0.3, 0.4) is 0 Å². The monoisotopic (exact) mass is 142 g/mol. The zero-order valence-electron chi connectivity index (χ0n) is 5.86. The third-order valence-electron chi connectivity index (χ3n) is 1.08. The Labute approximate surface area is 65.1 Å². The molecule has 0 fully saturated rings. The van der Waals surface area contributed by atoms with E-state index >= 15 is 0 Å². The molecule has 0 atom stereocenters. The normalized spacial score (nSPS) is 7.55. The lowest BCUT2D eigenvalue weighted by atomic mass is 10.3. The summed E-state index contributed by atoms with van der Waals surface area (Å²) in [7, 11) is 0. The molecule has 0 saturated heterocycles. The maximum atomic E-state index is 8.12. The van der Waals surface area contributed by atoms with Crippen LogP contribution in [0.15, 0.2) is 41.4 Å². The van der Waals surface area contributed by atoms with E-state index in [0.717, 1.165) is 5.69 Å². The van der Waals surface area contributed by atoms with Crippen molar-refractivity contribution in [2.45, 2.75) is 0 Å². The summed E-state index contributed by atoms with van der Waals surface area (Å²) < 4.78 is 0. The summed E-state index contributed by atoms with van der Waals surface area (Å²) in [4.78, 5) is 3.87. The molecule has 2 heteroatoms. The summed E-state index contributed by atoms with van der Waals surface area (Å²) >= 11 is 0. The second kappa shape index (κ2) is 4.05. The van der Waals surface area contributed by atoms with E-state index in [0.29, 0.717) is 0 Å². The Morgan fingerprint density at radius 1 is 1.27 bits per heavy atom. The molecule has 1 aromatic carbocycles. The van der Waals surface area contributed by atoms with Crippen molar-refractivity contribution in [3.63, 3.8) is 0 Å². The molecule has 0 amide bonds. The quantitative estimate of drug-likeness (QED) is 0.436. The van der Waals surface area contributed by atoms with E-state index in [2.05, 4.69) is 10.9 Å². The first-order valence-electron chi connectivity index (χ1n) is 3.16. The van der Waals surface area contributed by atoms with E-state index < -0.39 is 0 Å². The number of nitriles is 1. The minimum absolute atomic E-state index is 0.805. The Morgan fingerprint density at radius 2 is 2.00 bits per heavy atom. The van der Waals surface area contributed by atoms with Gasteiger partial charge in [-0.05, 0) is 18.0 Å². The molecule has 0 saturated carbocycles. The van der Waals surface area contributed by atoms with Gasteiger partial charge in [-0.25, -0.2) is 4.99 Å². The summed E-state index contributed by atoms with van der Waals surface area (Å²) in [6.07, 6.45) is 1.22. The molecule has 0 aliphatic heterocycles. The Balaban J connectivity index is 2.82. The minimum Gasteiger partial charge on any atom is -0.206 e. The van der Waals surface area contributed by atoms with Crippen LogP contribution in [0.25, 0.3) is 0 Å². The third kappa shape index (κ3) is 2.49. The van der Waals surface area contributed by atoms with Crippen LogP contribution in [0.1, 0.15) is 0 Å². The van der Waals surface area contributed by atoms with Gasteiger partial charge in [-0.1, -0.05) is 18.2 Å². The molecular weight excluding hydrogens is 136 g/mol. The minimum atomic E-state index is 0.805. The fraction of sp³-hybridized carbons (Fsp3) is 0. The lowest BCUT2D eigenvalue weighted by molar-refractivity contribution is 1.53. The number of benzene rings is 1. The van der Waals surface area contributed by atoms with Crippen molar-refractivity contribution < 1.29 is 0 Å². The van der Waals surface area contributed by atoms with Crippen molar-refractivity contribution in [3.8, 4) is 6.07 Å². The summed E-state index contributed by atoms with van der Waals surface area (Å²) in [5.41, 5.74) is 0.805. The average molecular weight is 142 g/mol. The number of hydrogen-bond donors (Lipinski definition) is 0. The van der Waals surface area contributed by atoms with Crippen LogP contribution in [0.5, 0.6) is 0 Å². The molecule has 0 unspecified atom stereocenters. The van der Waals surface area contributed by atoms with E-state index in [4.69, 9.17) is 5.26 Å². The largest absolute Gasteiger partial charge is 0.206 e. The Morgan fingerprint density at radius 3 is 2.64 bits per heavy atom. The summed E-state index contributed by atoms with van der Waals surface area (Å²) in [5, 5.41) is 8.12. The van der Waals surface area contributed by atoms with Crippen LogP contribution in [-0.2, 0) is 0 Å². The second-order valence-corrected chi connectivity index (χ2v) is 1.85. The van der Waals surface area contributed by atoms with Crippen molar-refractivity contribution in [3.05, 3.63) is 36.4 Å². The van der Waals surface area contributed by atoms with E-state index in [9.17, 15) is 0 Å². The molecule has 0 heterocycles. The Bertz CT molecular complexity index is 313. The first kappa shape index (κ1) is 7.27. The number of hydrogen-bond acceptors (Lipinski definition) is 2. The molecule has 1 aromatic rings. The number of allylic oxidation sites excluding steroid dienone is 1. The molecular formula is C9H6N2. The fourth-order valence-electron chi connectivity index (χ4n) is 0.638. The van der Waals surface area contributed by atoms with Gasteiger partial charge in [0.15, 0.2) is 0 Å². The van der Waals surface area contributed by atoms with Gasteiger partial charge in [-0.15, -0.1) is 0 Å². The summed E-state index contributed by atoms with van der Waals surface area (Å²) in [6.45, 7) is 0. The summed E-state index contributed by atoms with van der Waals surface area (Å²) in [5.74, 6) is 2.49. The van der Waals surface area contributed by atoms with Crippen LogP contribution in [-0.4, -0.2) is 5.87 Å². The first-order valence-corrected chi connectivity index (χ1v) is 3.16. The molecule has 0 spiro atoms. The molecule has 2 nitrogen and oxygen atoms in total. The van der Waals surface area contributed by atoms with Gasteiger partial charge in [-0.3, -0.25) is 0 Å². The van der Waals surface area contributed by atoms with Crippen LogP contribution in [0, 0.1) is 11.3 Å². The Kier molecular flexibility index (Phi) is 2.68. The molecule has 52 valence electrons. The van der Waals surface area contributed by atoms with Gasteiger partial charge in [0.25, 0.3) is 0 Å². The number of aliphatic imine (C=N–C) groups is 1. The predicted octanol–water partition coefficient (Wildman–Crippen LogP) is 2.07. The van der Waals surface area contributed by atoms with Gasteiger partial charge in [0.1, 0.15) is 6.07 Å². The Hall–Kier alpha value is -1.84. The van der Waals surface area contributed by atoms with E-state index in [-0.39, 0.29) is 0 Å². The zero-order chi connectivity index (χ0) is 7.94. The standard InChI is InChI=1S/C9H6N2/c10-7-4-8-11-9-5-2-1-3-6-9/h1-6H. The van der Waals surface area contributed by atoms with Crippen LogP contribution >= 0.6 is 0 Å². The molecule has 0 aliphatic rings. The van der Waals surface area contributed by atoms with Crippen molar-refractivity contribution in [1.29, 1.82) is 5.26 Å². The maximum Gasteiger partial charge on any atom is 0.101 e. The van der Waals surface area contributed by atoms with Crippen LogP contribution in [0.4, 0.5) is 5.69 Å². The molecule has 0 bridgehead atoms. The number of nitrogens with zero attached hydrogens (tertiary/aromatic N) is 2. The molecule has 0 aromatic heterocycles. The highest BCUT2D eigenvalue weighted by Gasteiger charge is 1.79.